The summed E-state index contributed by atoms with van der Waals surface area (Å²) in [4.78, 5) is 12.1. The number of carbonyl (C=O) groups excluding carboxylic acids is 1. The van der Waals surface area contributed by atoms with Crippen LogP contribution >= 0.6 is 0 Å². The van der Waals surface area contributed by atoms with Crippen molar-refractivity contribution in [2.75, 3.05) is 20.8 Å². The predicted molar refractivity (Wildman–Crippen MR) is 121 cm³/mol. The first-order valence-electron chi connectivity index (χ1n) is 11.9. The van der Waals surface area contributed by atoms with E-state index in [2.05, 4.69) is 13.8 Å². The molecule has 0 fully saturated rings. The Labute approximate surface area is 176 Å². The maximum Gasteiger partial charge on any atom is 0.500 e. The first-order chi connectivity index (χ1) is 13.6. The molecule has 0 aromatic heterocycles. The smallest absolute Gasteiger partial charge is 0.377 e. The summed E-state index contributed by atoms with van der Waals surface area (Å²) in [7, 11) is 0.630. The molecule has 0 atom stereocenters. The Morgan fingerprint density at radius 2 is 1.07 bits per heavy atom. The summed E-state index contributed by atoms with van der Waals surface area (Å²) in [6.45, 7) is 4.62. The summed E-state index contributed by atoms with van der Waals surface area (Å²) in [6, 6.07) is 0.805. The van der Waals surface area contributed by atoms with Crippen molar-refractivity contribution in [2.45, 2.75) is 123 Å². The van der Waals surface area contributed by atoms with Gasteiger partial charge in [-0.05, 0) is 12.8 Å². The van der Waals surface area contributed by atoms with Gasteiger partial charge in [-0.25, -0.2) is 0 Å². The van der Waals surface area contributed by atoms with Crippen LogP contribution in [-0.2, 0) is 18.1 Å². The van der Waals surface area contributed by atoms with E-state index in [9.17, 15) is 4.79 Å². The minimum Gasteiger partial charge on any atom is -0.377 e. The number of carbonyl (C=O) groups is 1. The van der Waals surface area contributed by atoms with E-state index in [1.54, 1.807) is 14.2 Å². The van der Waals surface area contributed by atoms with Crippen molar-refractivity contribution in [3.05, 3.63) is 0 Å². The lowest BCUT2D eigenvalue weighted by atomic mass is 10.1. The molecule has 0 spiro atoms. The van der Waals surface area contributed by atoms with E-state index in [-0.39, 0.29) is 12.4 Å². The highest BCUT2D eigenvalue weighted by molar-refractivity contribution is 6.60. The maximum absolute atomic E-state index is 12.1. The molecule has 0 heterocycles. The fourth-order valence-corrected chi connectivity index (χ4v) is 5.51. The number of ketones is 1. The minimum atomic E-state index is -2.68. The van der Waals surface area contributed by atoms with Crippen LogP contribution in [0.25, 0.3) is 0 Å². The van der Waals surface area contributed by atoms with Crippen molar-refractivity contribution >= 4 is 14.6 Å². The van der Waals surface area contributed by atoms with Gasteiger partial charge in [0.2, 0.25) is 0 Å². The molecule has 28 heavy (non-hydrogen) atoms. The Morgan fingerprint density at radius 3 is 1.54 bits per heavy atom. The molecule has 0 unspecified atom stereocenters. The van der Waals surface area contributed by atoms with E-state index in [1.807, 2.05) is 0 Å². The normalized spacial score (nSPS) is 11.9. The summed E-state index contributed by atoms with van der Waals surface area (Å²) in [5.74, 6) is 0.176. The predicted octanol–water partition coefficient (Wildman–Crippen LogP) is 7.09. The fourth-order valence-electron chi connectivity index (χ4n) is 3.49. The van der Waals surface area contributed by atoms with Gasteiger partial charge in [-0.3, -0.25) is 4.79 Å². The Morgan fingerprint density at radius 1 is 0.643 bits per heavy atom. The van der Waals surface area contributed by atoms with Gasteiger partial charge in [0, 0.05) is 26.7 Å². The standard InChI is InChI=1S/C23H48O4Si/c1-5-7-9-11-13-15-17-19-21-28(25-3,26-4)27-22-23(24)20-18-16-14-12-10-8-6-2/h5-22H2,1-4H3. The maximum atomic E-state index is 12.1. The van der Waals surface area contributed by atoms with Gasteiger partial charge in [0.05, 0.1) is 6.61 Å². The first kappa shape index (κ1) is 27.8. The van der Waals surface area contributed by atoms with Crippen molar-refractivity contribution in [1.82, 2.24) is 0 Å². The van der Waals surface area contributed by atoms with Crippen molar-refractivity contribution in [3.8, 4) is 0 Å². The van der Waals surface area contributed by atoms with Crippen LogP contribution in [0.1, 0.15) is 117 Å². The molecule has 0 saturated carbocycles. The van der Waals surface area contributed by atoms with Gasteiger partial charge in [-0.15, -0.1) is 0 Å². The Hall–Kier alpha value is -0.233. The van der Waals surface area contributed by atoms with E-state index in [4.69, 9.17) is 13.3 Å². The van der Waals surface area contributed by atoms with Gasteiger partial charge < -0.3 is 13.3 Å². The third kappa shape index (κ3) is 15.7. The molecular weight excluding hydrogens is 368 g/mol. The van der Waals surface area contributed by atoms with E-state index >= 15 is 0 Å². The van der Waals surface area contributed by atoms with Gasteiger partial charge >= 0.3 is 8.80 Å². The highest BCUT2D eigenvalue weighted by Gasteiger charge is 2.38. The molecule has 0 amide bonds. The molecule has 5 heteroatoms. The van der Waals surface area contributed by atoms with Crippen LogP contribution in [0.5, 0.6) is 0 Å². The zero-order chi connectivity index (χ0) is 20.9. The molecule has 0 saturated heterocycles. The molecule has 0 N–H and O–H groups in total. The number of hydrogen-bond donors (Lipinski definition) is 0. The van der Waals surface area contributed by atoms with Crippen LogP contribution in [0.2, 0.25) is 6.04 Å². The summed E-state index contributed by atoms with van der Waals surface area (Å²) in [6.07, 6.45) is 19.3. The lowest BCUT2D eigenvalue weighted by molar-refractivity contribution is -0.122. The van der Waals surface area contributed by atoms with Crippen LogP contribution < -0.4 is 0 Å². The largest absolute Gasteiger partial charge is 0.500 e. The zero-order valence-electron chi connectivity index (χ0n) is 19.4. The van der Waals surface area contributed by atoms with Crippen molar-refractivity contribution in [1.29, 1.82) is 0 Å². The molecule has 0 aromatic rings. The van der Waals surface area contributed by atoms with E-state index in [0.717, 1.165) is 25.3 Å². The summed E-state index contributed by atoms with van der Waals surface area (Å²) >= 11 is 0. The van der Waals surface area contributed by atoms with Gasteiger partial charge in [0.15, 0.2) is 5.78 Å². The number of unbranched alkanes of at least 4 members (excludes halogenated alkanes) is 13. The molecule has 0 aromatic carbocycles. The average Bonchev–Trinajstić information content (AvgIpc) is 2.72. The Bertz CT molecular complexity index is 345. The number of rotatable bonds is 22. The van der Waals surface area contributed by atoms with Gasteiger partial charge in [-0.2, -0.15) is 0 Å². The Balaban J connectivity index is 3.87. The molecular formula is C23H48O4Si. The van der Waals surface area contributed by atoms with Crippen LogP contribution in [0, 0.1) is 0 Å². The number of hydrogen-bond acceptors (Lipinski definition) is 4. The Kier molecular flexibility index (Phi) is 19.9. The van der Waals surface area contributed by atoms with Crippen LogP contribution in [0.15, 0.2) is 0 Å². The van der Waals surface area contributed by atoms with Crippen LogP contribution in [0.4, 0.5) is 0 Å². The van der Waals surface area contributed by atoms with E-state index in [1.165, 1.54) is 77.0 Å². The van der Waals surface area contributed by atoms with Crippen molar-refractivity contribution in [2.24, 2.45) is 0 Å². The molecule has 168 valence electrons. The highest BCUT2D eigenvalue weighted by atomic mass is 28.4. The van der Waals surface area contributed by atoms with Crippen molar-refractivity contribution in [3.63, 3.8) is 0 Å². The summed E-state index contributed by atoms with van der Waals surface area (Å²) < 4.78 is 17.1. The summed E-state index contributed by atoms with van der Waals surface area (Å²) in [5, 5.41) is 0. The molecule has 4 nitrogen and oxygen atoms in total. The monoisotopic (exact) mass is 416 g/mol. The molecule has 0 aliphatic heterocycles. The van der Waals surface area contributed by atoms with Gasteiger partial charge in [0.1, 0.15) is 0 Å². The van der Waals surface area contributed by atoms with Crippen LogP contribution in [0.3, 0.4) is 0 Å². The van der Waals surface area contributed by atoms with E-state index in [0.29, 0.717) is 6.42 Å². The minimum absolute atomic E-state index is 0.140. The quantitative estimate of drug-likeness (QED) is 0.140. The second-order valence-corrected chi connectivity index (χ2v) is 11.0. The highest BCUT2D eigenvalue weighted by Crippen LogP contribution is 2.20. The lowest BCUT2D eigenvalue weighted by Crippen LogP contribution is -2.45. The molecule has 0 rings (SSSR count). The average molecular weight is 417 g/mol. The van der Waals surface area contributed by atoms with Gasteiger partial charge in [-0.1, -0.05) is 97.3 Å². The second-order valence-electron chi connectivity index (χ2n) is 8.01. The lowest BCUT2D eigenvalue weighted by Gasteiger charge is -2.26. The topological polar surface area (TPSA) is 44.8 Å². The number of Topliss-reactive ketones (excluding diaryl/α,β-unsaturated/α-hetero) is 1. The first-order valence-corrected chi connectivity index (χ1v) is 13.8. The van der Waals surface area contributed by atoms with Crippen molar-refractivity contribution < 1.29 is 18.1 Å². The second kappa shape index (κ2) is 20.1. The van der Waals surface area contributed by atoms with Crippen LogP contribution in [-0.4, -0.2) is 35.4 Å². The fraction of sp³-hybridized carbons (Fsp3) is 0.957. The third-order valence-corrected chi connectivity index (χ3v) is 8.26. The third-order valence-electron chi connectivity index (χ3n) is 5.47. The van der Waals surface area contributed by atoms with E-state index < -0.39 is 8.80 Å². The SMILES string of the molecule is CCCCCCCCCC[Si](OC)(OC)OCC(=O)CCCCCCCCC. The molecule has 0 radical (unpaired) electrons. The molecule has 0 bridgehead atoms. The van der Waals surface area contributed by atoms with Gasteiger partial charge in [0.25, 0.3) is 0 Å². The summed E-state index contributed by atoms with van der Waals surface area (Å²) in [5.41, 5.74) is 0. The zero-order valence-corrected chi connectivity index (χ0v) is 20.4. The molecule has 0 aliphatic carbocycles. The molecule has 0 aliphatic rings.